The molecule has 9 heteroatoms. The van der Waals surface area contributed by atoms with E-state index in [1.54, 1.807) is 40.7 Å². The van der Waals surface area contributed by atoms with Gasteiger partial charge in [-0.15, -0.1) is 0 Å². The Morgan fingerprint density at radius 2 is 1.21 bits per heavy atom. The van der Waals surface area contributed by atoms with Gasteiger partial charge >= 0.3 is 23.9 Å². The third-order valence-corrected chi connectivity index (χ3v) is 6.61. The summed E-state index contributed by atoms with van der Waals surface area (Å²) in [7, 11) is 0. The van der Waals surface area contributed by atoms with Crippen LogP contribution in [0.3, 0.4) is 0 Å². The van der Waals surface area contributed by atoms with Gasteiger partial charge in [-0.2, -0.15) is 0 Å². The number of carbonyl (C=O) groups is 4. The zero-order chi connectivity index (χ0) is 29.0. The Morgan fingerprint density at radius 1 is 0.711 bits per heavy atom. The Bertz CT molecular complexity index is 947. The smallest absolute Gasteiger partial charge is 0.323 e. The lowest BCUT2D eigenvalue weighted by molar-refractivity contribution is -0.168. The van der Waals surface area contributed by atoms with Crippen molar-refractivity contribution in [3.05, 3.63) is 23.8 Å². The standard InChI is InChI=1S/C29H45NO8/c1-9-12-19(6)28(33)35-20(7)21(8)36-29(34)23(30)15-22-13-14-24(37-26(31)17(4)10-2)25(16-22)38-27(32)18(5)11-3/h13-14,16-21,23H,9-12,15,30H2,1-8H3/t17?,18?,19?,20-,21-,23-/m0/s1. The largest absolute Gasteiger partial charge is 0.459 e. The van der Waals surface area contributed by atoms with Crippen LogP contribution in [0, 0.1) is 17.8 Å². The molecule has 0 aliphatic rings. The molecule has 3 unspecified atom stereocenters. The molecule has 2 N–H and O–H groups in total. The van der Waals surface area contributed by atoms with Gasteiger partial charge in [-0.05, 0) is 57.2 Å². The molecule has 0 radical (unpaired) electrons. The van der Waals surface area contributed by atoms with Crippen molar-refractivity contribution in [2.45, 2.75) is 106 Å². The van der Waals surface area contributed by atoms with Gasteiger partial charge < -0.3 is 24.7 Å². The van der Waals surface area contributed by atoms with Crippen LogP contribution >= 0.6 is 0 Å². The molecule has 0 amide bonds. The lowest BCUT2D eigenvalue weighted by atomic mass is 10.1. The number of esters is 4. The second-order valence-electron chi connectivity index (χ2n) is 10.0. The minimum atomic E-state index is -1.02. The molecule has 0 aromatic heterocycles. The fourth-order valence-electron chi connectivity index (χ4n) is 3.24. The van der Waals surface area contributed by atoms with Crippen LogP contribution in [0.2, 0.25) is 0 Å². The Kier molecular flexibility index (Phi) is 14.0. The summed E-state index contributed by atoms with van der Waals surface area (Å²) in [5, 5.41) is 0. The van der Waals surface area contributed by atoms with Crippen LogP contribution in [0.5, 0.6) is 11.5 Å². The summed E-state index contributed by atoms with van der Waals surface area (Å²) in [6.45, 7) is 14.3. The van der Waals surface area contributed by atoms with Gasteiger partial charge in [0, 0.05) is 0 Å². The van der Waals surface area contributed by atoms with Crippen LogP contribution in [0.4, 0.5) is 0 Å². The van der Waals surface area contributed by atoms with Gasteiger partial charge in [0.25, 0.3) is 0 Å². The molecular weight excluding hydrogens is 490 g/mol. The number of hydrogen-bond donors (Lipinski definition) is 1. The fraction of sp³-hybridized carbons (Fsp3) is 0.655. The third-order valence-electron chi connectivity index (χ3n) is 6.61. The van der Waals surface area contributed by atoms with E-state index in [4.69, 9.17) is 24.7 Å². The van der Waals surface area contributed by atoms with Crippen LogP contribution in [-0.4, -0.2) is 42.1 Å². The summed E-state index contributed by atoms with van der Waals surface area (Å²) in [6, 6.07) is 3.69. The van der Waals surface area contributed by atoms with Crippen LogP contribution in [-0.2, 0) is 35.1 Å². The quantitative estimate of drug-likeness (QED) is 0.249. The number of ether oxygens (including phenoxy) is 4. The summed E-state index contributed by atoms with van der Waals surface area (Å²) in [5.74, 6) is -2.59. The van der Waals surface area contributed by atoms with E-state index < -0.39 is 36.2 Å². The molecule has 6 atom stereocenters. The van der Waals surface area contributed by atoms with Gasteiger partial charge in [-0.1, -0.05) is 54.0 Å². The van der Waals surface area contributed by atoms with Crippen molar-refractivity contribution in [1.29, 1.82) is 0 Å². The van der Waals surface area contributed by atoms with E-state index in [0.29, 0.717) is 18.4 Å². The van der Waals surface area contributed by atoms with Crippen molar-refractivity contribution in [3.63, 3.8) is 0 Å². The topological polar surface area (TPSA) is 131 Å². The minimum absolute atomic E-state index is 0.0834. The van der Waals surface area contributed by atoms with Crippen molar-refractivity contribution in [2.75, 3.05) is 0 Å². The molecule has 9 nitrogen and oxygen atoms in total. The van der Waals surface area contributed by atoms with Crippen LogP contribution in [0.15, 0.2) is 18.2 Å². The average molecular weight is 536 g/mol. The predicted molar refractivity (Wildman–Crippen MR) is 143 cm³/mol. The van der Waals surface area contributed by atoms with E-state index in [1.165, 1.54) is 12.1 Å². The van der Waals surface area contributed by atoms with Crippen molar-refractivity contribution >= 4 is 23.9 Å². The maximum atomic E-state index is 12.7. The van der Waals surface area contributed by atoms with E-state index in [-0.39, 0.29) is 41.6 Å². The normalized spacial score (nSPS) is 15.8. The monoisotopic (exact) mass is 535 g/mol. The average Bonchev–Trinajstić information content (AvgIpc) is 2.88. The second-order valence-corrected chi connectivity index (χ2v) is 10.0. The summed E-state index contributed by atoms with van der Waals surface area (Å²) in [5.41, 5.74) is 6.70. The molecule has 0 saturated carbocycles. The van der Waals surface area contributed by atoms with Crippen molar-refractivity contribution in [1.82, 2.24) is 0 Å². The number of rotatable bonds is 15. The fourth-order valence-corrected chi connectivity index (χ4v) is 3.24. The van der Waals surface area contributed by atoms with E-state index in [1.807, 2.05) is 20.8 Å². The zero-order valence-corrected chi connectivity index (χ0v) is 24.1. The summed E-state index contributed by atoms with van der Waals surface area (Å²) < 4.78 is 21.9. The van der Waals surface area contributed by atoms with E-state index in [2.05, 4.69) is 0 Å². The predicted octanol–water partition coefficient (Wildman–Crippen LogP) is 4.76. The van der Waals surface area contributed by atoms with Crippen molar-refractivity contribution < 1.29 is 38.1 Å². The Hall–Kier alpha value is -2.94. The van der Waals surface area contributed by atoms with E-state index in [9.17, 15) is 19.2 Å². The van der Waals surface area contributed by atoms with E-state index in [0.717, 1.165) is 12.8 Å². The molecule has 1 aromatic carbocycles. The highest BCUT2D eigenvalue weighted by Crippen LogP contribution is 2.31. The van der Waals surface area contributed by atoms with Gasteiger partial charge in [-0.3, -0.25) is 19.2 Å². The van der Waals surface area contributed by atoms with Crippen molar-refractivity contribution in [2.24, 2.45) is 23.5 Å². The first-order chi connectivity index (χ1) is 17.8. The first-order valence-electron chi connectivity index (χ1n) is 13.6. The molecule has 0 aliphatic heterocycles. The summed E-state index contributed by atoms with van der Waals surface area (Å²) in [4.78, 5) is 49.6. The highest BCUT2D eigenvalue weighted by atomic mass is 16.6. The van der Waals surface area contributed by atoms with Gasteiger partial charge in [0.2, 0.25) is 0 Å². The molecule has 0 bridgehead atoms. The molecule has 0 saturated heterocycles. The molecule has 38 heavy (non-hydrogen) atoms. The molecule has 1 rings (SSSR count). The molecule has 0 fully saturated rings. The number of carbonyl (C=O) groups excluding carboxylic acids is 4. The van der Waals surface area contributed by atoms with Crippen LogP contribution in [0.25, 0.3) is 0 Å². The lowest BCUT2D eigenvalue weighted by Gasteiger charge is -2.23. The molecule has 0 heterocycles. The highest BCUT2D eigenvalue weighted by molar-refractivity contribution is 5.79. The maximum Gasteiger partial charge on any atom is 0.323 e. The lowest BCUT2D eigenvalue weighted by Crippen LogP contribution is -2.40. The number of benzene rings is 1. The highest BCUT2D eigenvalue weighted by Gasteiger charge is 2.26. The molecular formula is C29H45NO8. The Balaban J connectivity index is 2.94. The SMILES string of the molecule is CCCC(C)C(=O)O[C@@H](C)[C@H](C)OC(=O)[C@@H](N)Cc1ccc(OC(=O)C(C)CC)c(OC(=O)C(C)CC)c1. The maximum absolute atomic E-state index is 12.7. The van der Waals surface area contributed by atoms with E-state index >= 15 is 0 Å². The minimum Gasteiger partial charge on any atom is -0.459 e. The van der Waals surface area contributed by atoms with Crippen molar-refractivity contribution in [3.8, 4) is 11.5 Å². The van der Waals surface area contributed by atoms with Gasteiger partial charge in [0.1, 0.15) is 18.2 Å². The first-order valence-corrected chi connectivity index (χ1v) is 13.6. The molecule has 214 valence electrons. The molecule has 0 aliphatic carbocycles. The third kappa shape index (κ3) is 10.4. The van der Waals surface area contributed by atoms with Crippen LogP contribution < -0.4 is 15.2 Å². The summed E-state index contributed by atoms with van der Waals surface area (Å²) >= 11 is 0. The Morgan fingerprint density at radius 3 is 1.71 bits per heavy atom. The molecule has 0 spiro atoms. The second kappa shape index (κ2) is 16.1. The van der Waals surface area contributed by atoms with Gasteiger partial charge in [0.05, 0.1) is 17.8 Å². The summed E-state index contributed by atoms with van der Waals surface area (Å²) in [6.07, 6.45) is 1.52. The molecule has 1 aromatic rings. The van der Waals surface area contributed by atoms with Gasteiger partial charge in [0.15, 0.2) is 11.5 Å². The van der Waals surface area contributed by atoms with Crippen LogP contribution in [0.1, 0.15) is 86.6 Å². The number of hydrogen-bond acceptors (Lipinski definition) is 9. The zero-order valence-electron chi connectivity index (χ0n) is 24.1. The number of nitrogens with two attached hydrogens (primary N) is 1. The first kappa shape index (κ1) is 33.1. The van der Waals surface area contributed by atoms with Gasteiger partial charge in [-0.25, -0.2) is 0 Å². The Labute approximate surface area is 226 Å².